The molecule has 0 atom stereocenters. The van der Waals surface area contributed by atoms with Gasteiger partial charge < -0.3 is 67.3 Å². The number of hydrogen-bond donors (Lipinski definition) is 9. The van der Waals surface area contributed by atoms with Crippen LogP contribution in [-0.2, 0) is 4.74 Å². The smallest absolute Gasteiger partial charge is 0.115 e. The minimum Gasteiger partial charge on any atom is -0.379 e. The molecule has 9 aliphatic heterocycles. The molecule has 788 valence electrons. The maximum atomic E-state index is 5.01. The molecule has 0 radical (unpaired) electrons. The zero-order valence-electron chi connectivity index (χ0n) is 98.2. The monoisotopic (exact) mass is 1840 g/mol. The number of likely N-dealkylation sites (N-methyl/N-ethyl adjacent to an activating group) is 2. The van der Waals surface area contributed by atoms with E-state index < -0.39 is 0 Å². The molecule has 9 aliphatic rings. The number of ether oxygens (including phenoxy) is 1. The van der Waals surface area contributed by atoms with E-state index in [0.717, 1.165) is 91.8 Å². The summed E-state index contributed by atoms with van der Waals surface area (Å²) in [5.74, 6) is 0. The third kappa shape index (κ3) is 302. The van der Waals surface area contributed by atoms with Crippen LogP contribution in [0.2, 0.25) is 0 Å². The molecule has 21 heteroatoms. The summed E-state index contributed by atoms with van der Waals surface area (Å²) in [6.07, 6.45) is 40.3. The van der Waals surface area contributed by atoms with Crippen LogP contribution in [-0.4, -0.2) is 228 Å². The third-order valence-corrected chi connectivity index (χ3v) is 11.3. The Kier molecular flexibility index (Phi) is 460. The second-order valence-corrected chi connectivity index (χ2v) is 18.2. The van der Waals surface area contributed by atoms with E-state index in [4.69, 9.17) is 4.74 Å². The number of nitrogens with zero attached hydrogens (tertiary/aromatic N) is 11. The summed E-state index contributed by atoms with van der Waals surface area (Å²) in [4.78, 5) is 29.5. The highest BCUT2D eigenvalue weighted by Crippen LogP contribution is 2.05. The van der Waals surface area contributed by atoms with Crippen LogP contribution >= 0.6 is 0 Å². The van der Waals surface area contributed by atoms with Gasteiger partial charge in [0.05, 0.1) is 26.1 Å². The Morgan fingerprint density at radius 1 is 0.234 bits per heavy atom. The predicted molar refractivity (Wildman–Crippen MR) is 607 cm³/mol. The first-order valence-corrected chi connectivity index (χ1v) is 53.5. The van der Waals surface area contributed by atoms with Gasteiger partial charge >= 0.3 is 0 Å². The molecule has 13 heterocycles. The van der Waals surface area contributed by atoms with Crippen LogP contribution in [0.15, 0.2) is 134 Å². The van der Waals surface area contributed by atoms with Crippen molar-refractivity contribution in [2.24, 2.45) is 4.99 Å². The molecular weight excluding hydrogens is 1580 g/mol. The molecule has 0 amide bonds. The average molecular weight is 1840 g/mol. The normalized spacial score (nSPS) is 12.5. The van der Waals surface area contributed by atoms with Gasteiger partial charge in [-0.05, 0) is 148 Å². The van der Waals surface area contributed by atoms with Gasteiger partial charge in [-0.25, -0.2) is 9.97 Å². The van der Waals surface area contributed by atoms with Gasteiger partial charge in [-0.2, -0.15) is 10.2 Å². The van der Waals surface area contributed by atoms with Crippen molar-refractivity contribution in [2.75, 3.05) is 172 Å². The fourth-order valence-corrected chi connectivity index (χ4v) is 6.75. The maximum absolute atomic E-state index is 5.01. The Labute approximate surface area is 814 Å². The van der Waals surface area contributed by atoms with Gasteiger partial charge in [0.2, 0.25) is 0 Å². The highest BCUT2D eigenvalue weighted by Gasteiger charge is 2.08. The Morgan fingerprint density at radius 3 is 0.609 bits per heavy atom. The van der Waals surface area contributed by atoms with Crippen LogP contribution in [0.25, 0.3) is 0 Å². The van der Waals surface area contributed by atoms with Crippen molar-refractivity contribution in [1.29, 1.82) is 0 Å². The molecule has 4 aromatic rings. The summed E-state index contributed by atoms with van der Waals surface area (Å²) >= 11 is 0. The molecular formula is C107H254N20O. The van der Waals surface area contributed by atoms with Crippen molar-refractivity contribution in [1.82, 2.24) is 97.7 Å². The number of aromatic nitrogens is 7. The number of rotatable bonds is 0. The molecule has 0 aromatic carbocycles. The van der Waals surface area contributed by atoms with Crippen LogP contribution < -0.4 is 47.9 Å². The topological polar surface area (TPSA) is 230 Å². The number of dihydropyridines is 1. The van der Waals surface area contributed by atoms with Crippen molar-refractivity contribution >= 4 is 6.34 Å². The zero-order valence-corrected chi connectivity index (χ0v) is 98.2. The lowest BCUT2D eigenvalue weighted by molar-refractivity contribution is 0.109. The van der Waals surface area contributed by atoms with Crippen molar-refractivity contribution in [2.45, 2.75) is 404 Å². The van der Waals surface area contributed by atoms with Gasteiger partial charge in [-0.1, -0.05) is 377 Å². The van der Waals surface area contributed by atoms with Crippen LogP contribution in [0.1, 0.15) is 404 Å². The highest BCUT2D eigenvalue weighted by atomic mass is 16.5. The quantitative estimate of drug-likeness (QED) is 0.0797. The second-order valence-electron chi connectivity index (χ2n) is 18.2. The SMILES string of the molecule is C1=CNC=CC1.C1=NCCN1.C1CCNC1.C1CCNCC1.C1CNCCN1.C1CNCN1.C1COCCN1.CC.CC.CC.CC.CC.CC.CC.CC.CC.CC.CC.CC.CC.CC.CC.CC.CC.CC.CC.CC.CC.CC.CC.CC.CC.CN1CCCCC1.CN1CCN(C)CC1.c1ccncc1.c1ccnnc1.c1cnccn1.c1cncnc1. The molecule has 0 unspecified atom stereocenters. The third-order valence-electron chi connectivity index (χ3n) is 11.3. The lowest BCUT2D eigenvalue weighted by Gasteiger charge is -2.28. The van der Waals surface area contributed by atoms with Crippen LogP contribution in [0, 0.1) is 0 Å². The fourth-order valence-electron chi connectivity index (χ4n) is 6.75. The summed E-state index contributed by atoms with van der Waals surface area (Å²) < 4.78 is 5.01. The molecule has 7 fully saturated rings. The molecule has 4 aromatic heterocycles. The number of morpholine rings is 1. The number of aliphatic imine (C=N–C) groups is 1. The van der Waals surface area contributed by atoms with E-state index in [0.29, 0.717) is 0 Å². The van der Waals surface area contributed by atoms with Crippen molar-refractivity contribution < 1.29 is 4.74 Å². The molecule has 0 saturated carbocycles. The lowest BCUT2D eigenvalue weighted by atomic mass is 10.1. The Balaban J connectivity index is -0.0000000375. The first-order valence-electron chi connectivity index (χ1n) is 53.5. The molecule has 0 spiro atoms. The van der Waals surface area contributed by atoms with E-state index in [1.807, 2.05) is 389 Å². The van der Waals surface area contributed by atoms with E-state index in [-0.39, 0.29) is 0 Å². The molecule has 21 nitrogen and oxygen atoms in total. The van der Waals surface area contributed by atoms with Gasteiger partial charge in [0.25, 0.3) is 0 Å². The van der Waals surface area contributed by atoms with Gasteiger partial charge in [0, 0.05) is 154 Å². The van der Waals surface area contributed by atoms with E-state index in [1.54, 1.807) is 74.4 Å². The van der Waals surface area contributed by atoms with E-state index in [2.05, 4.69) is 136 Å². The molecule has 9 N–H and O–H groups in total. The van der Waals surface area contributed by atoms with Gasteiger partial charge in [-0.15, -0.1) is 0 Å². The number of nitrogens with one attached hydrogen (secondary N) is 9. The first-order chi connectivity index (χ1) is 63.7. The zero-order chi connectivity index (χ0) is 106. The Morgan fingerprint density at radius 2 is 0.492 bits per heavy atom. The van der Waals surface area contributed by atoms with Gasteiger partial charge in [0.15, 0.2) is 0 Å². The van der Waals surface area contributed by atoms with E-state index >= 15 is 0 Å². The minimum absolute atomic E-state index is 0.889. The summed E-state index contributed by atoms with van der Waals surface area (Å²) in [6, 6.07) is 11.1. The molecule has 0 bridgehead atoms. The van der Waals surface area contributed by atoms with E-state index in [9.17, 15) is 0 Å². The maximum Gasteiger partial charge on any atom is 0.115 e. The number of allylic oxidation sites excluding steroid dienone is 2. The van der Waals surface area contributed by atoms with Crippen LogP contribution in [0.3, 0.4) is 0 Å². The second kappa shape index (κ2) is 309. The van der Waals surface area contributed by atoms with Crippen LogP contribution in [0.5, 0.6) is 0 Å². The molecule has 0 aliphatic carbocycles. The average Bonchev–Trinajstić information content (AvgIpc) is 1.04. The number of likely N-dealkylation sites (tertiary alicyclic amines) is 1. The standard InChI is InChI=1S/C6H14N2.C6H13N.C5H11N.C5H7N.C5H5N.C4H10N2.3C4H4N2.C4H9NO.C4H9N.C3H8N2.C3H6N2.25C2H6/c1-7-3-5-8(2)6-4-7;1-7-5-3-2-4-6-7;3*1-2-4-6-5-3-1;2*1-2-6-4-3-5-1;1-2-5-4-6-3-1;1-2-4-6-5-3-1;1-3-6-4-2-5-1;1-2-4-5-3-1;2*1-2-5-3-4-1;25*1-2/h3-6H2,1-2H3;2-6H2,1H3;6H,1-5H2;2-6H,1H2;1-5H;5-6H,1-4H2;3*1-4H;5H,1-4H2;5H,1-4H2;4-5H,1-3H2;3H,1-2H2,(H,4,5);25*1-2H3. The minimum atomic E-state index is 0.889. The van der Waals surface area contributed by atoms with Crippen molar-refractivity contribution in [3.8, 4) is 0 Å². The van der Waals surface area contributed by atoms with E-state index in [1.165, 1.54) is 123 Å². The summed E-state index contributed by atoms with van der Waals surface area (Å²) in [7, 11) is 6.54. The summed E-state index contributed by atoms with van der Waals surface area (Å²) in [5, 5.41) is 35.3. The van der Waals surface area contributed by atoms with Crippen molar-refractivity contribution in [3.05, 3.63) is 129 Å². The lowest BCUT2D eigenvalue weighted by Crippen LogP contribution is -2.42. The van der Waals surface area contributed by atoms with Gasteiger partial charge in [-0.3, -0.25) is 19.9 Å². The fraction of sp³-hybridized carbons (Fsp3) is 0.794. The largest absolute Gasteiger partial charge is 0.379 e. The predicted octanol–water partition coefficient (Wildman–Crippen LogP) is 28.8. The molecule has 128 heavy (non-hydrogen) atoms. The number of piperazine rings is 2. The highest BCUT2D eigenvalue weighted by molar-refractivity contribution is 5.56. The number of hydrogen-bond acceptors (Lipinski definition) is 21. The molecule has 7 saturated heterocycles. The number of piperidine rings is 2. The summed E-state index contributed by atoms with van der Waals surface area (Å²) in [6.45, 7) is 126. The Bertz CT molecular complexity index is 1390. The Hall–Kier alpha value is -5.30. The number of pyridine rings is 1. The molecule has 13 rings (SSSR count). The van der Waals surface area contributed by atoms with Gasteiger partial charge in [0.1, 0.15) is 6.33 Å². The van der Waals surface area contributed by atoms with Crippen LogP contribution in [0.4, 0.5) is 0 Å². The summed E-state index contributed by atoms with van der Waals surface area (Å²) in [5.41, 5.74) is 0. The van der Waals surface area contributed by atoms with Crippen molar-refractivity contribution in [3.63, 3.8) is 0 Å². The first kappa shape index (κ1) is 190.